The third kappa shape index (κ3) is 1.89. The number of aliphatic hydroxyl groups excluding tert-OH is 1. The summed E-state index contributed by atoms with van der Waals surface area (Å²) in [5.41, 5.74) is 0.165. The van der Waals surface area contributed by atoms with Gasteiger partial charge in [0.1, 0.15) is 0 Å². The van der Waals surface area contributed by atoms with E-state index < -0.39 is 12.1 Å². The summed E-state index contributed by atoms with van der Waals surface area (Å²) in [6, 6.07) is 0. The van der Waals surface area contributed by atoms with Gasteiger partial charge < -0.3 is 9.84 Å². The maximum absolute atomic E-state index is 11.7. The fraction of sp³-hybridized carbons (Fsp3) is 0.667. The lowest BCUT2D eigenvalue weighted by Crippen LogP contribution is -2.37. The minimum absolute atomic E-state index is 0.00495. The summed E-state index contributed by atoms with van der Waals surface area (Å²) in [6.45, 7) is 0. The van der Waals surface area contributed by atoms with Gasteiger partial charge in [-0.1, -0.05) is 12.5 Å². The number of Topliss-reactive ketones (excluding diaryl/α,β-unsaturated/α-hetero) is 1. The maximum Gasteiger partial charge on any atom is 0.341 e. The summed E-state index contributed by atoms with van der Waals surface area (Å²) in [5, 5.41) is 9.81. The Kier molecular flexibility index (Phi) is 3.10. The number of rotatable bonds is 1. The van der Waals surface area contributed by atoms with Crippen LogP contribution in [-0.2, 0) is 14.3 Å². The number of carbonyl (C=O) groups is 2. The summed E-state index contributed by atoms with van der Waals surface area (Å²) in [6.07, 6.45) is 4.21. The Labute approximate surface area is 94.3 Å². The molecule has 0 bridgehead atoms. The topological polar surface area (TPSA) is 63.6 Å². The summed E-state index contributed by atoms with van der Waals surface area (Å²) in [7, 11) is 1.28. The fourth-order valence-corrected chi connectivity index (χ4v) is 2.69. The highest BCUT2D eigenvalue weighted by Crippen LogP contribution is 2.38. The highest BCUT2D eigenvalue weighted by Gasteiger charge is 2.38. The predicted molar refractivity (Wildman–Crippen MR) is 56.6 cm³/mol. The van der Waals surface area contributed by atoms with Crippen LogP contribution in [-0.4, -0.2) is 30.1 Å². The molecule has 3 atom stereocenters. The molecule has 0 heterocycles. The van der Waals surface area contributed by atoms with E-state index in [1.54, 1.807) is 6.08 Å². The minimum Gasteiger partial charge on any atom is -0.465 e. The summed E-state index contributed by atoms with van der Waals surface area (Å²) in [4.78, 5) is 23.1. The van der Waals surface area contributed by atoms with E-state index in [1.807, 2.05) is 0 Å². The zero-order valence-corrected chi connectivity index (χ0v) is 9.31. The van der Waals surface area contributed by atoms with Crippen LogP contribution in [0.3, 0.4) is 0 Å². The monoisotopic (exact) mass is 224 g/mol. The van der Waals surface area contributed by atoms with E-state index in [4.69, 9.17) is 0 Å². The van der Waals surface area contributed by atoms with Gasteiger partial charge in [-0.25, -0.2) is 4.79 Å². The summed E-state index contributed by atoms with van der Waals surface area (Å²) in [5.74, 6) is -0.609. The van der Waals surface area contributed by atoms with Crippen LogP contribution in [0.2, 0.25) is 0 Å². The molecule has 2 aliphatic carbocycles. The molecule has 0 aliphatic heterocycles. The van der Waals surface area contributed by atoms with Crippen LogP contribution >= 0.6 is 0 Å². The van der Waals surface area contributed by atoms with E-state index in [1.165, 1.54) is 7.11 Å². The quantitative estimate of drug-likeness (QED) is 0.529. The van der Waals surface area contributed by atoms with Crippen LogP contribution in [0.15, 0.2) is 11.6 Å². The first kappa shape index (κ1) is 11.3. The Balaban J connectivity index is 2.24. The molecule has 4 nitrogen and oxygen atoms in total. The number of allylic oxidation sites excluding steroid dienone is 1. The molecule has 0 saturated heterocycles. The smallest absolute Gasteiger partial charge is 0.341 e. The van der Waals surface area contributed by atoms with E-state index in [-0.39, 0.29) is 29.6 Å². The molecule has 1 N–H and O–H groups in total. The van der Waals surface area contributed by atoms with Gasteiger partial charge in [0, 0.05) is 6.42 Å². The molecule has 1 fully saturated rings. The van der Waals surface area contributed by atoms with E-state index in [9.17, 15) is 14.7 Å². The van der Waals surface area contributed by atoms with Gasteiger partial charge in [0.05, 0.1) is 18.8 Å². The molecule has 88 valence electrons. The first-order chi connectivity index (χ1) is 7.63. The van der Waals surface area contributed by atoms with Gasteiger partial charge >= 0.3 is 5.97 Å². The fourth-order valence-electron chi connectivity index (χ4n) is 2.69. The van der Waals surface area contributed by atoms with Crippen LogP contribution in [0.5, 0.6) is 0 Å². The Hall–Kier alpha value is -1.16. The van der Waals surface area contributed by atoms with Crippen molar-refractivity contribution in [3.05, 3.63) is 11.6 Å². The third-order valence-electron chi connectivity index (χ3n) is 3.59. The third-order valence-corrected chi connectivity index (χ3v) is 3.59. The van der Waals surface area contributed by atoms with Crippen molar-refractivity contribution in [3.63, 3.8) is 0 Å². The number of hydrogen-bond acceptors (Lipinski definition) is 4. The molecule has 1 saturated carbocycles. The lowest BCUT2D eigenvalue weighted by atomic mass is 9.70. The molecular weight excluding hydrogens is 208 g/mol. The van der Waals surface area contributed by atoms with Crippen molar-refractivity contribution in [2.24, 2.45) is 11.8 Å². The molecule has 0 aromatic rings. The van der Waals surface area contributed by atoms with Crippen molar-refractivity contribution in [1.29, 1.82) is 0 Å². The van der Waals surface area contributed by atoms with Crippen LogP contribution in [0, 0.1) is 11.8 Å². The highest BCUT2D eigenvalue weighted by atomic mass is 16.5. The number of methoxy groups -OCH3 is 1. The lowest BCUT2D eigenvalue weighted by Gasteiger charge is -2.36. The van der Waals surface area contributed by atoms with Gasteiger partial charge in [0.15, 0.2) is 5.78 Å². The molecule has 3 unspecified atom stereocenters. The molecule has 0 spiro atoms. The molecule has 2 rings (SSSR count). The first-order valence-corrected chi connectivity index (χ1v) is 5.65. The lowest BCUT2D eigenvalue weighted by molar-refractivity contribution is -0.138. The molecule has 16 heavy (non-hydrogen) atoms. The average Bonchev–Trinajstić information content (AvgIpc) is 2.29. The van der Waals surface area contributed by atoms with Gasteiger partial charge in [-0.05, 0) is 24.7 Å². The maximum atomic E-state index is 11.7. The molecule has 2 aliphatic rings. The van der Waals surface area contributed by atoms with E-state index in [0.717, 1.165) is 19.3 Å². The van der Waals surface area contributed by atoms with Crippen LogP contribution < -0.4 is 0 Å². The SMILES string of the molecule is COC(=O)C1=CC2CCCC(O)C2CC1=O. The van der Waals surface area contributed by atoms with E-state index in [0.29, 0.717) is 0 Å². The van der Waals surface area contributed by atoms with Crippen LogP contribution in [0.1, 0.15) is 25.7 Å². The number of ether oxygens (including phenoxy) is 1. The number of aliphatic hydroxyl groups is 1. The van der Waals surface area contributed by atoms with Crippen molar-refractivity contribution < 1.29 is 19.4 Å². The second-order valence-corrected chi connectivity index (χ2v) is 4.53. The Morgan fingerprint density at radius 3 is 2.94 bits per heavy atom. The van der Waals surface area contributed by atoms with Gasteiger partial charge in [-0.2, -0.15) is 0 Å². The molecule has 4 heteroatoms. The van der Waals surface area contributed by atoms with Crippen molar-refractivity contribution >= 4 is 11.8 Å². The summed E-state index contributed by atoms with van der Waals surface area (Å²) >= 11 is 0. The second-order valence-electron chi connectivity index (χ2n) is 4.53. The Bertz CT molecular complexity index is 345. The molecule has 0 radical (unpaired) electrons. The van der Waals surface area contributed by atoms with E-state index >= 15 is 0 Å². The number of hydrogen-bond donors (Lipinski definition) is 1. The average molecular weight is 224 g/mol. The zero-order valence-electron chi connectivity index (χ0n) is 9.31. The van der Waals surface area contributed by atoms with Gasteiger partial charge in [0.2, 0.25) is 0 Å². The molecule has 0 amide bonds. The van der Waals surface area contributed by atoms with Crippen molar-refractivity contribution in [3.8, 4) is 0 Å². The Morgan fingerprint density at radius 2 is 2.25 bits per heavy atom. The van der Waals surface area contributed by atoms with Gasteiger partial charge in [0.25, 0.3) is 0 Å². The molecule has 0 aromatic heterocycles. The number of ketones is 1. The molecule has 0 aromatic carbocycles. The first-order valence-electron chi connectivity index (χ1n) is 5.65. The minimum atomic E-state index is -0.552. The van der Waals surface area contributed by atoms with Crippen molar-refractivity contribution in [2.45, 2.75) is 31.8 Å². The highest BCUT2D eigenvalue weighted by molar-refractivity contribution is 6.17. The van der Waals surface area contributed by atoms with Gasteiger partial charge in [-0.3, -0.25) is 4.79 Å². The second kappa shape index (κ2) is 4.37. The van der Waals surface area contributed by atoms with Crippen molar-refractivity contribution in [1.82, 2.24) is 0 Å². The van der Waals surface area contributed by atoms with Crippen molar-refractivity contribution in [2.75, 3.05) is 7.11 Å². The largest absolute Gasteiger partial charge is 0.465 e. The number of carbonyl (C=O) groups excluding carboxylic acids is 2. The number of esters is 1. The zero-order chi connectivity index (χ0) is 11.7. The van der Waals surface area contributed by atoms with Gasteiger partial charge in [-0.15, -0.1) is 0 Å². The van der Waals surface area contributed by atoms with E-state index in [2.05, 4.69) is 4.74 Å². The number of fused-ring (bicyclic) bond motifs is 1. The Morgan fingerprint density at radius 1 is 1.50 bits per heavy atom. The van der Waals surface area contributed by atoms with Crippen LogP contribution in [0.4, 0.5) is 0 Å². The summed E-state index contributed by atoms with van der Waals surface area (Å²) < 4.78 is 4.58. The normalized spacial score (nSPS) is 34.0. The molecular formula is C12H16O4. The predicted octanol–water partition coefficient (Wildman–Crippen LogP) is 0.836. The standard InChI is InChI=1S/C12H16O4/c1-16-12(15)9-5-7-3-2-4-10(13)8(7)6-11(9)14/h5,7-8,10,13H,2-4,6H2,1H3. The van der Waals surface area contributed by atoms with Crippen LogP contribution in [0.25, 0.3) is 0 Å².